The first kappa shape index (κ1) is 25.9. The molecule has 4 nitrogen and oxygen atoms in total. The monoisotopic (exact) mass is 440 g/mol. The molecule has 0 spiro atoms. The smallest absolute Gasteiger partial charge is 0.338 e. The average Bonchev–Trinajstić information content (AvgIpc) is 2.83. The van der Waals surface area contributed by atoms with E-state index in [0.29, 0.717) is 12.2 Å². The molecule has 32 heavy (non-hydrogen) atoms. The van der Waals surface area contributed by atoms with E-state index in [1.807, 2.05) is 36.4 Å². The van der Waals surface area contributed by atoms with Crippen LogP contribution in [0.1, 0.15) is 92.6 Å². The van der Waals surface area contributed by atoms with E-state index >= 15 is 0 Å². The SMILES string of the molecule is CCCCCCCCCCCCc1ccc(C(=O)OCCOc2ccccc2)cc1CO. The van der Waals surface area contributed by atoms with Gasteiger partial charge in [0.05, 0.1) is 12.2 Å². The van der Waals surface area contributed by atoms with Gasteiger partial charge in [-0.1, -0.05) is 89.0 Å². The number of aryl methyl sites for hydroxylation is 1. The first-order valence-corrected chi connectivity index (χ1v) is 12.3. The van der Waals surface area contributed by atoms with Crippen LogP contribution in [0.2, 0.25) is 0 Å². The molecule has 2 aromatic carbocycles. The maximum atomic E-state index is 12.3. The summed E-state index contributed by atoms with van der Waals surface area (Å²) in [5, 5.41) is 9.75. The largest absolute Gasteiger partial charge is 0.490 e. The van der Waals surface area contributed by atoms with Crippen molar-refractivity contribution in [3.05, 3.63) is 65.2 Å². The minimum Gasteiger partial charge on any atom is -0.490 e. The fraction of sp³-hybridized carbons (Fsp3) is 0.536. The highest BCUT2D eigenvalue weighted by Crippen LogP contribution is 2.18. The van der Waals surface area contributed by atoms with Crippen molar-refractivity contribution in [2.24, 2.45) is 0 Å². The zero-order chi connectivity index (χ0) is 22.9. The van der Waals surface area contributed by atoms with Crippen molar-refractivity contribution in [2.75, 3.05) is 13.2 Å². The molecule has 2 rings (SSSR count). The van der Waals surface area contributed by atoms with Gasteiger partial charge in [-0.25, -0.2) is 4.79 Å². The maximum Gasteiger partial charge on any atom is 0.338 e. The van der Waals surface area contributed by atoms with Crippen LogP contribution < -0.4 is 4.74 Å². The van der Waals surface area contributed by atoms with Gasteiger partial charge in [0, 0.05) is 0 Å². The van der Waals surface area contributed by atoms with Crippen molar-refractivity contribution in [1.82, 2.24) is 0 Å². The molecule has 0 aromatic heterocycles. The van der Waals surface area contributed by atoms with Gasteiger partial charge in [-0.05, 0) is 48.2 Å². The predicted molar refractivity (Wildman–Crippen MR) is 130 cm³/mol. The summed E-state index contributed by atoms with van der Waals surface area (Å²) in [6.07, 6.45) is 14.0. The number of hydrogen-bond acceptors (Lipinski definition) is 4. The van der Waals surface area contributed by atoms with Crippen molar-refractivity contribution in [3.8, 4) is 5.75 Å². The molecule has 0 unspecified atom stereocenters. The number of ether oxygens (including phenoxy) is 2. The Morgan fingerprint density at radius 3 is 2.09 bits per heavy atom. The van der Waals surface area contributed by atoms with Crippen LogP contribution in [0.5, 0.6) is 5.75 Å². The van der Waals surface area contributed by atoms with Crippen LogP contribution in [-0.4, -0.2) is 24.3 Å². The highest BCUT2D eigenvalue weighted by Gasteiger charge is 2.11. The molecule has 0 saturated carbocycles. The fourth-order valence-electron chi connectivity index (χ4n) is 3.84. The summed E-state index contributed by atoms with van der Waals surface area (Å²) < 4.78 is 10.9. The average molecular weight is 441 g/mol. The Balaban J connectivity index is 1.65. The van der Waals surface area contributed by atoms with Crippen molar-refractivity contribution in [3.63, 3.8) is 0 Å². The minimum atomic E-state index is -0.387. The Hall–Kier alpha value is -2.33. The first-order chi connectivity index (χ1) is 15.7. The number of carbonyl (C=O) groups is 1. The van der Waals surface area contributed by atoms with Crippen LogP contribution in [0.4, 0.5) is 0 Å². The second-order valence-electron chi connectivity index (χ2n) is 8.37. The third-order valence-electron chi connectivity index (χ3n) is 5.74. The lowest BCUT2D eigenvalue weighted by molar-refractivity contribution is 0.0450. The number of aliphatic hydroxyl groups excluding tert-OH is 1. The highest BCUT2D eigenvalue weighted by molar-refractivity contribution is 5.89. The van der Waals surface area contributed by atoms with Crippen molar-refractivity contribution >= 4 is 5.97 Å². The van der Waals surface area contributed by atoms with Crippen LogP contribution in [0.3, 0.4) is 0 Å². The van der Waals surface area contributed by atoms with E-state index in [1.54, 1.807) is 12.1 Å². The highest BCUT2D eigenvalue weighted by atomic mass is 16.6. The number of aliphatic hydroxyl groups is 1. The third kappa shape index (κ3) is 10.3. The Kier molecular flexibility index (Phi) is 13.2. The van der Waals surface area contributed by atoms with Gasteiger partial charge in [0.15, 0.2) is 0 Å². The molecule has 4 heteroatoms. The second-order valence-corrected chi connectivity index (χ2v) is 8.37. The van der Waals surface area contributed by atoms with Gasteiger partial charge in [-0.15, -0.1) is 0 Å². The molecule has 0 amide bonds. The number of hydrogen-bond donors (Lipinski definition) is 1. The summed E-state index contributed by atoms with van der Waals surface area (Å²) in [5.74, 6) is 0.365. The van der Waals surface area contributed by atoms with Gasteiger partial charge in [-0.3, -0.25) is 0 Å². The quantitative estimate of drug-likeness (QED) is 0.215. The number of esters is 1. The lowest BCUT2D eigenvalue weighted by Gasteiger charge is -2.11. The first-order valence-electron chi connectivity index (χ1n) is 12.3. The fourth-order valence-corrected chi connectivity index (χ4v) is 3.84. The molecule has 0 fully saturated rings. The molecule has 2 aromatic rings. The van der Waals surface area contributed by atoms with Crippen molar-refractivity contribution in [1.29, 1.82) is 0 Å². The van der Waals surface area contributed by atoms with E-state index in [9.17, 15) is 9.90 Å². The van der Waals surface area contributed by atoms with Gasteiger partial charge >= 0.3 is 5.97 Å². The van der Waals surface area contributed by atoms with Crippen LogP contribution in [0.15, 0.2) is 48.5 Å². The zero-order valence-electron chi connectivity index (χ0n) is 19.7. The molecule has 0 aliphatic heterocycles. The Bertz CT molecular complexity index is 757. The number of carbonyl (C=O) groups excluding carboxylic acids is 1. The van der Waals surface area contributed by atoms with Crippen LogP contribution in [0, 0.1) is 0 Å². The Morgan fingerprint density at radius 1 is 0.781 bits per heavy atom. The topological polar surface area (TPSA) is 55.8 Å². The van der Waals surface area contributed by atoms with Crippen LogP contribution >= 0.6 is 0 Å². The molecule has 0 saturated heterocycles. The van der Waals surface area contributed by atoms with E-state index < -0.39 is 0 Å². The summed E-state index contributed by atoms with van der Waals surface area (Å²) in [6, 6.07) is 15.0. The minimum absolute atomic E-state index is 0.0642. The number of para-hydroxylation sites is 1. The van der Waals surface area contributed by atoms with E-state index in [4.69, 9.17) is 9.47 Å². The van der Waals surface area contributed by atoms with E-state index in [-0.39, 0.29) is 19.2 Å². The summed E-state index contributed by atoms with van der Waals surface area (Å²) in [7, 11) is 0. The van der Waals surface area contributed by atoms with E-state index in [1.165, 1.54) is 57.8 Å². The Labute approximate surface area is 194 Å². The second kappa shape index (κ2) is 16.3. The molecule has 0 aliphatic carbocycles. The molecule has 0 bridgehead atoms. The lowest BCUT2D eigenvalue weighted by atomic mass is 9.98. The summed E-state index contributed by atoms with van der Waals surface area (Å²) in [5.41, 5.74) is 2.41. The van der Waals surface area contributed by atoms with Crippen LogP contribution in [0.25, 0.3) is 0 Å². The van der Waals surface area contributed by atoms with E-state index in [2.05, 4.69) is 6.92 Å². The van der Waals surface area contributed by atoms with Gasteiger partial charge in [0.2, 0.25) is 0 Å². The molecular weight excluding hydrogens is 400 g/mol. The zero-order valence-corrected chi connectivity index (χ0v) is 19.7. The Morgan fingerprint density at radius 2 is 1.44 bits per heavy atom. The predicted octanol–water partition coefficient (Wildman–Crippen LogP) is 6.88. The van der Waals surface area contributed by atoms with Gasteiger partial charge in [0.1, 0.15) is 19.0 Å². The van der Waals surface area contributed by atoms with E-state index in [0.717, 1.165) is 29.7 Å². The molecule has 0 atom stereocenters. The maximum absolute atomic E-state index is 12.3. The molecule has 0 aliphatic rings. The molecule has 0 radical (unpaired) electrons. The van der Waals surface area contributed by atoms with Gasteiger partial charge < -0.3 is 14.6 Å². The third-order valence-corrected chi connectivity index (χ3v) is 5.74. The van der Waals surface area contributed by atoms with Gasteiger partial charge in [0.25, 0.3) is 0 Å². The van der Waals surface area contributed by atoms with Crippen molar-refractivity contribution < 1.29 is 19.4 Å². The summed E-state index contributed by atoms with van der Waals surface area (Å²) >= 11 is 0. The summed E-state index contributed by atoms with van der Waals surface area (Å²) in [4.78, 5) is 12.3. The number of rotatable bonds is 17. The number of benzene rings is 2. The lowest BCUT2D eigenvalue weighted by Crippen LogP contribution is -2.13. The molecular formula is C28H40O4. The van der Waals surface area contributed by atoms with Crippen LogP contribution in [-0.2, 0) is 17.8 Å². The van der Waals surface area contributed by atoms with Crippen molar-refractivity contribution in [2.45, 2.75) is 84.2 Å². The standard InChI is InChI=1S/C28H40O4/c1-2-3-4-5-6-7-8-9-10-12-15-24-18-19-25(22-26(24)23-29)28(30)32-21-20-31-27-16-13-11-14-17-27/h11,13-14,16-19,22,29H,2-10,12,15,20-21,23H2,1H3. The molecule has 0 heterocycles. The molecule has 176 valence electrons. The summed E-state index contributed by atoms with van der Waals surface area (Å²) in [6.45, 7) is 2.68. The normalized spacial score (nSPS) is 10.8. The number of unbranched alkanes of at least 4 members (excludes halogenated alkanes) is 9. The van der Waals surface area contributed by atoms with Gasteiger partial charge in [-0.2, -0.15) is 0 Å². The molecule has 1 N–H and O–H groups in total.